The van der Waals surface area contributed by atoms with Crippen LogP contribution < -0.4 is 11.5 Å². The van der Waals surface area contributed by atoms with Crippen molar-refractivity contribution in [3.8, 4) is 11.3 Å². The average molecular weight is 445 g/mol. The zero-order valence-corrected chi connectivity index (χ0v) is 20.1. The molecule has 0 aliphatic carbocycles. The predicted molar refractivity (Wildman–Crippen MR) is 131 cm³/mol. The van der Waals surface area contributed by atoms with Gasteiger partial charge in [0.05, 0.1) is 18.1 Å². The number of nitrogens with zero attached hydrogens (tertiary/aromatic N) is 2. The standard InChI is InChI=1S/C24H37N4O2P/c1-17(2)13-19(24-28-15-22(30-24)18-9-6-5-7-10-18)14-21(29)20(25)11-8-12-27-23(26)16-31(3)4/h5-7,9-10,15,17,19-20H,8,11-14,16,25H2,1-4H3,(H2,26,27)/t19-,20-/m1/s1. The molecule has 0 unspecified atom stereocenters. The summed E-state index contributed by atoms with van der Waals surface area (Å²) in [7, 11) is -0.0859. The van der Waals surface area contributed by atoms with Crippen molar-refractivity contribution in [2.45, 2.75) is 51.5 Å². The number of ketones is 1. The molecule has 1 aromatic carbocycles. The molecular weight excluding hydrogens is 407 g/mol. The molecule has 0 spiro atoms. The third kappa shape index (κ3) is 8.92. The summed E-state index contributed by atoms with van der Waals surface area (Å²) in [6.45, 7) is 9.25. The van der Waals surface area contributed by atoms with E-state index in [4.69, 9.17) is 15.9 Å². The van der Waals surface area contributed by atoms with E-state index in [0.29, 0.717) is 37.0 Å². The number of Topliss-reactive ketones (excluding diaryl/α,β-unsaturated/α-hetero) is 1. The first-order valence-electron chi connectivity index (χ1n) is 11.0. The summed E-state index contributed by atoms with van der Waals surface area (Å²) in [6, 6.07) is 9.37. The quantitative estimate of drug-likeness (QED) is 0.203. The van der Waals surface area contributed by atoms with Gasteiger partial charge in [0.1, 0.15) is 5.78 Å². The third-order valence-electron chi connectivity index (χ3n) is 5.01. The minimum atomic E-state index is -0.496. The van der Waals surface area contributed by atoms with E-state index in [2.05, 4.69) is 37.2 Å². The van der Waals surface area contributed by atoms with Gasteiger partial charge in [-0.1, -0.05) is 44.2 Å². The van der Waals surface area contributed by atoms with Crippen LogP contribution in [0.4, 0.5) is 0 Å². The van der Waals surface area contributed by atoms with Gasteiger partial charge < -0.3 is 15.9 Å². The largest absolute Gasteiger partial charge is 0.440 e. The lowest BCUT2D eigenvalue weighted by Gasteiger charge is -2.17. The van der Waals surface area contributed by atoms with E-state index in [1.165, 1.54) is 0 Å². The molecule has 0 saturated carbocycles. The maximum absolute atomic E-state index is 12.8. The zero-order valence-electron chi connectivity index (χ0n) is 19.3. The number of oxazole rings is 1. The minimum absolute atomic E-state index is 0.0488. The van der Waals surface area contributed by atoms with Crippen LogP contribution in [0.3, 0.4) is 0 Å². The topological polar surface area (TPSA) is 108 Å². The number of carbonyl (C=O) groups is 1. The monoisotopic (exact) mass is 444 g/mol. The van der Waals surface area contributed by atoms with Gasteiger partial charge in [0.2, 0.25) is 0 Å². The van der Waals surface area contributed by atoms with Gasteiger partial charge >= 0.3 is 0 Å². The summed E-state index contributed by atoms with van der Waals surface area (Å²) in [6.07, 6.45) is 5.13. The van der Waals surface area contributed by atoms with Crippen molar-refractivity contribution in [1.82, 2.24) is 4.98 Å². The third-order valence-corrected chi connectivity index (χ3v) is 5.97. The van der Waals surface area contributed by atoms with Crippen molar-refractivity contribution in [2.24, 2.45) is 22.4 Å². The van der Waals surface area contributed by atoms with Gasteiger partial charge in [0, 0.05) is 30.6 Å². The number of nitrogens with two attached hydrogens (primary N) is 2. The van der Waals surface area contributed by atoms with Crippen LogP contribution in [0.1, 0.15) is 51.3 Å². The molecule has 7 heteroatoms. The molecular formula is C24H37N4O2P. The first kappa shape index (κ1) is 25.2. The van der Waals surface area contributed by atoms with E-state index in [1.807, 2.05) is 30.3 Å². The van der Waals surface area contributed by atoms with Gasteiger partial charge in [-0.2, -0.15) is 0 Å². The normalized spacial score (nSPS) is 14.2. The second-order valence-corrected chi connectivity index (χ2v) is 11.3. The van der Waals surface area contributed by atoms with Crippen LogP contribution >= 0.6 is 7.92 Å². The maximum atomic E-state index is 12.8. The van der Waals surface area contributed by atoms with E-state index < -0.39 is 6.04 Å². The Balaban J connectivity index is 1.94. The first-order chi connectivity index (χ1) is 14.8. The molecule has 0 bridgehead atoms. The van der Waals surface area contributed by atoms with E-state index in [-0.39, 0.29) is 19.6 Å². The summed E-state index contributed by atoms with van der Waals surface area (Å²) in [5, 5.41) is 0. The van der Waals surface area contributed by atoms with Gasteiger partial charge in [-0.05, 0) is 38.5 Å². The van der Waals surface area contributed by atoms with E-state index in [0.717, 1.165) is 30.3 Å². The lowest BCUT2D eigenvalue weighted by atomic mass is 9.90. The smallest absolute Gasteiger partial charge is 0.198 e. The Kier molecular flexibility index (Phi) is 10.4. The van der Waals surface area contributed by atoms with Crippen LogP contribution in [-0.2, 0) is 4.79 Å². The highest BCUT2D eigenvalue weighted by atomic mass is 31.1. The summed E-state index contributed by atoms with van der Waals surface area (Å²) >= 11 is 0. The molecule has 170 valence electrons. The summed E-state index contributed by atoms with van der Waals surface area (Å²) in [4.78, 5) is 21.7. The Morgan fingerprint density at radius 3 is 2.58 bits per heavy atom. The molecule has 2 atom stereocenters. The minimum Gasteiger partial charge on any atom is -0.440 e. The average Bonchev–Trinajstić information content (AvgIpc) is 3.20. The Morgan fingerprint density at radius 1 is 1.23 bits per heavy atom. The van der Waals surface area contributed by atoms with E-state index in [9.17, 15) is 4.79 Å². The number of carbonyl (C=O) groups excluding carboxylic acids is 1. The molecule has 0 aliphatic rings. The number of hydrogen-bond acceptors (Lipinski definition) is 5. The second kappa shape index (κ2) is 12.7. The fourth-order valence-electron chi connectivity index (χ4n) is 3.52. The Bertz CT molecular complexity index is 833. The maximum Gasteiger partial charge on any atom is 0.198 e. The molecule has 31 heavy (non-hydrogen) atoms. The van der Waals surface area contributed by atoms with Crippen molar-refractivity contribution in [3.05, 3.63) is 42.4 Å². The number of amidine groups is 1. The van der Waals surface area contributed by atoms with Crippen LogP contribution in [-0.4, -0.2) is 48.7 Å². The van der Waals surface area contributed by atoms with Crippen LogP contribution in [0, 0.1) is 5.92 Å². The number of aromatic nitrogens is 1. The fraction of sp³-hybridized carbons (Fsp3) is 0.542. The van der Waals surface area contributed by atoms with Gasteiger partial charge in [-0.25, -0.2) is 4.98 Å². The highest BCUT2D eigenvalue weighted by Crippen LogP contribution is 2.30. The Labute approximate surface area is 187 Å². The molecule has 0 aliphatic heterocycles. The Hall–Kier alpha value is -2.04. The first-order valence-corrected chi connectivity index (χ1v) is 13.4. The van der Waals surface area contributed by atoms with Crippen LogP contribution in [0.2, 0.25) is 0 Å². The van der Waals surface area contributed by atoms with E-state index in [1.54, 1.807) is 6.20 Å². The molecule has 0 amide bonds. The molecule has 6 nitrogen and oxygen atoms in total. The van der Waals surface area contributed by atoms with Gasteiger partial charge in [0.15, 0.2) is 11.7 Å². The zero-order chi connectivity index (χ0) is 22.8. The highest BCUT2D eigenvalue weighted by Gasteiger charge is 2.25. The molecule has 0 radical (unpaired) electrons. The summed E-state index contributed by atoms with van der Waals surface area (Å²) in [5.41, 5.74) is 13.1. The Morgan fingerprint density at radius 2 is 1.94 bits per heavy atom. The van der Waals surface area contributed by atoms with Crippen molar-refractivity contribution in [2.75, 3.05) is 26.0 Å². The summed E-state index contributed by atoms with van der Waals surface area (Å²) in [5.74, 6) is 2.43. The van der Waals surface area contributed by atoms with Crippen LogP contribution in [0.25, 0.3) is 11.3 Å². The van der Waals surface area contributed by atoms with Crippen LogP contribution in [0.5, 0.6) is 0 Å². The van der Waals surface area contributed by atoms with Gasteiger partial charge in [-0.3, -0.25) is 9.79 Å². The van der Waals surface area contributed by atoms with Gasteiger partial charge in [0.25, 0.3) is 0 Å². The van der Waals surface area contributed by atoms with Crippen LogP contribution in [0.15, 0.2) is 45.9 Å². The number of rotatable bonds is 13. The molecule has 2 rings (SSSR count). The highest BCUT2D eigenvalue weighted by molar-refractivity contribution is 7.57. The number of aliphatic imine (C=N–C) groups is 1. The van der Waals surface area contributed by atoms with E-state index >= 15 is 0 Å². The lowest BCUT2D eigenvalue weighted by Crippen LogP contribution is -2.32. The molecule has 0 saturated heterocycles. The van der Waals surface area contributed by atoms with Crippen molar-refractivity contribution in [1.29, 1.82) is 0 Å². The second-order valence-electron chi connectivity index (χ2n) is 8.79. The van der Waals surface area contributed by atoms with Gasteiger partial charge in [-0.15, -0.1) is 7.92 Å². The fourth-order valence-corrected chi connectivity index (χ4v) is 4.26. The summed E-state index contributed by atoms with van der Waals surface area (Å²) < 4.78 is 6.04. The molecule has 4 N–H and O–H groups in total. The van der Waals surface area contributed by atoms with Crippen molar-refractivity contribution < 1.29 is 9.21 Å². The lowest BCUT2D eigenvalue weighted by molar-refractivity contribution is -0.121. The molecule has 1 aromatic heterocycles. The van der Waals surface area contributed by atoms with Crippen molar-refractivity contribution >= 4 is 19.5 Å². The molecule has 2 aromatic rings. The molecule has 1 heterocycles. The number of benzene rings is 1. The SMILES string of the molecule is CC(C)C[C@H](CC(=O)[C@H](N)CCCN=C(N)CP(C)C)c1ncc(-c2ccccc2)o1. The van der Waals surface area contributed by atoms with Crippen molar-refractivity contribution in [3.63, 3.8) is 0 Å². The number of hydrogen-bond donors (Lipinski definition) is 2. The predicted octanol–water partition coefficient (Wildman–Crippen LogP) is 4.64. The molecule has 0 fully saturated rings.